The van der Waals surface area contributed by atoms with Crippen molar-refractivity contribution in [1.29, 1.82) is 0 Å². The summed E-state index contributed by atoms with van der Waals surface area (Å²) in [4.78, 5) is 35.9. The van der Waals surface area contributed by atoms with Gasteiger partial charge < -0.3 is 4.79 Å². The SMILES string of the molecule is CCC(C)=O.O=C=NCCCCCCN=C=O. The molecule has 0 atom stereocenters. The maximum Gasteiger partial charge on any atom is 0.234 e. The van der Waals surface area contributed by atoms with Crippen LogP contribution in [0, 0.1) is 0 Å². The van der Waals surface area contributed by atoms with E-state index in [9.17, 15) is 14.4 Å². The molecular weight excluding hydrogens is 220 g/mol. The van der Waals surface area contributed by atoms with E-state index in [4.69, 9.17) is 0 Å². The van der Waals surface area contributed by atoms with Gasteiger partial charge >= 0.3 is 0 Å². The first-order valence-corrected chi connectivity index (χ1v) is 5.75. The van der Waals surface area contributed by atoms with Crippen molar-refractivity contribution in [2.75, 3.05) is 13.1 Å². The van der Waals surface area contributed by atoms with Crippen LogP contribution in [0.25, 0.3) is 0 Å². The highest BCUT2D eigenvalue weighted by atomic mass is 16.1. The highest BCUT2D eigenvalue weighted by molar-refractivity contribution is 5.74. The molecule has 0 amide bonds. The van der Waals surface area contributed by atoms with Gasteiger partial charge in [0.05, 0.1) is 13.1 Å². The minimum absolute atomic E-state index is 0.255. The topological polar surface area (TPSA) is 75.9 Å². The summed E-state index contributed by atoms with van der Waals surface area (Å²) >= 11 is 0. The van der Waals surface area contributed by atoms with Gasteiger partial charge in [-0.15, -0.1) is 0 Å². The number of ketones is 1. The van der Waals surface area contributed by atoms with E-state index in [1.54, 1.807) is 6.92 Å². The number of unbranched alkanes of at least 4 members (excludes halogenated alkanes) is 3. The van der Waals surface area contributed by atoms with Gasteiger partial charge in [0.25, 0.3) is 0 Å². The summed E-state index contributed by atoms with van der Waals surface area (Å²) in [5, 5.41) is 0. The Kier molecular flexibility index (Phi) is 17.7. The molecule has 0 saturated carbocycles. The number of hydrogen-bond donors (Lipinski definition) is 0. The Morgan fingerprint density at radius 1 is 0.941 bits per heavy atom. The first-order chi connectivity index (χ1) is 8.18. The second kappa shape index (κ2) is 16.8. The van der Waals surface area contributed by atoms with E-state index in [2.05, 4.69) is 9.98 Å². The summed E-state index contributed by atoms with van der Waals surface area (Å²) in [6, 6.07) is 0. The number of nitrogens with zero attached hydrogens (tertiary/aromatic N) is 2. The molecule has 0 spiro atoms. The van der Waals surface area contributed by atoms with E-state index >= 15 is 0 Å². The molecule has 0 aliphatic heterocycles. The van der Waals surface area contributed by atoms with Crippen LogP contribution in [-0.2, 0) is 14.4 Å². The van der Waals surface area contributed by atoms with Crippen LogP contribution in [0.5, 0.6) is 0 Å². The molecule has 0 rings (SSSR count). The number of rotatable bonds is 8. The summed E-state index contributed by atoms with van der Waals surface area (Å²) in [6.07, 6.45) is 7.47. The van der Waals surface area contributed by atoms with Gasteiger partial charge in [0.1, 0.15) is 5.78 Å². The standard InChI is InChI=1S/C8H12N2O2.C4H8O/c11-7-9-5-3-1-2-4-6-10-8-12;1-3-4(2)5/h1-6H2;3H2,1-2H3. The minimum atomic E-state index is 0.255. The smallest absolute Gasteiger partial charge is 0.234 e. The predicted octanol–water partition coefficient (Wildman–Crippen LogP) is 2.20. The lowest BCUT2D eigenvalue weighted by Crippen LogP contribution is -1.84. The van der Waals surface area contributed by atoms with E-state index in [1.807, 2.05) is 6.92 Å². The van der Waals surface area contributed by atoms with Crippen molar-refractivity contribution in [3.63, 3.8) is 0 Å². The highest BCUT2D eigenvalue weighted by Gasteiger charge is 1.87. The summed E-state index contributed by atoms with van der Waals surface area (Å²) in [7, 11) is 0. The maximum atomic E-state index is 9.81. The first-order valence-electron chi connectivity index (χ1n) is 5.75. The van der Waals surface area contributed by atoms with Gasteiger partial charge in [-0.1, -0.05) is 19.8 Å². The van der Waals surface area contributed by atoms with Gasteiger partial charge in [-0.3, -0.25) is 0 Å². The summed E-state index contributed by atoms with van der Waals surface area (Å²) in [5.74, 6) is 0.255. The zero-order chi connectivity index (χ0) is 13.4. The number of aliphatic imine (C=N–C) groups is 2. The zero-order valence-corrected chi connectivity index (χ0v) is 10.6. The Bertz CT molecular complexity index is 255. The molecule has 5 nitrogen and oxygen atoms in total. The average Bonchev–Trinajstić information content (AvgIpc) is 2.33. The van der Waals surface area contributed by atoms with Crippen LogP contribution in [0.2, 0.25) is 0 Å². The van der Waals surface area contributed by atoms with Crippen LogP contribution >= 0.6 is 0 Å². The minimum Gasteiger partial charge on any atom is -0.300 e. The second-order valence-corrected chi connectivity index (χ2v) is 3.42. The van der Waals surface area contributed by atoms with Crippen LogP contribution in [0.15, 0.2) is 9.98 Å². The predicted molar refractivity (Wildman–Crippen MR) is 65.4 cm³/mol. The maximum absolute atomic E-state index is 9.81. The quantitative estimate of drug-likeness (QED) is 0.371. The van der Waals surface area contributed by atoms with E-state index in [1.165, 1.54) is 12.2 Å². The van der Waals surface area contributed by atoms with Crippen molar-refractivity contribution in [1.82, 2.24) is 0 Å². The molecule has 0 bridgehead atoms. The lowest BCUT2D eigenvalue weighted by molar-refractivity contribution is -0.116. The molecule has 5 heteroatoms. The number of hydrogen-bond acceptors (Lipinski definition) is 5. The molecule has 96 valence electrons. The van der Waals surface area contributed by atoms with Crippen molar-refractivity contribution >= 4 is 17.9 Å². The summed E-state index contributed by atoms with van der Waals surface area (Å²) < 4.78 is 0. The summed E-state index contributed by atoms with van der Waals surface area (Å²) in [6.45, 7) is 4.54. The van der Waals surface area contributed by atoms with Crippen molar-refractivity contribution in [2.45, 2.75) is 46.0 Å². The van der Waals surface area contributed by atoms with Gasteiger partial charge in [0, 0.05) is 6.42 Å². The van der Waals surface area contributed by atoms with Crippen LogP contribution in [0.3, 0.4) is 0 Å². The van der Waals surface area contributed by atoms with Gasteiger partial charge in [0.15, 0.2) is 0 Å². The molecule has 17 heavy (non-hydrogen) atoms. The fourth-order valence-corrected chi connectivity index (χ4v) is 0.827. The molecule has 0 aromatic rings. The van der Waals surface area contributed by atoms with Crippen molar-refractivity contribution in [3.05, 3.63) is 0 Å². The number of carbonyl (C=O) groups is 1. The van der Waals surface area contributed by atoms with Crippen molar-refractivity contribution in [2.24, 2.45) is 9.98 Å². The van der Waals surface area contributed by atoms with Gasteiger partial charge in [-0.05, 0) is 19.8 Å². The van der Waals surface area contributed by atoms with E-state index in [0.29, 0.717) is 19.5 Å². The first kappa shape index (κ1) is 17.8. The molecule has 0 N–H and O–H groups in total. The Balaban J connectivity index is 0. The fourth-order valence-electron chi connectivity index (χ4n) is 0.827. The lowest BCUT2D eigenvalue weighted by atomic mass is 10.2. The molecule has 0 aliphatic carbocycles. The van der Waals surface area contributed by atoms with Crippen LogP contribution in [0.4, 0.5) is 0 Å². The van der Waals surface area contributed by atoms with Gasteiger partial charge in [-0.25, -0.2) is 19.6 Å². The molecule has 0 heterocycles. The lowest BCUT2D eigenvalue weighted by Gasteiger charge is -1.93. The highest BCUT2D eigenvalue weighted by Crippen LogP contribution is 1.99. The van der Waals surface area contributed by atoms with Gasteiger partial charge in [-0.2, -0.15) is 0 Å². The molecule has 0 radical (unpaired) electrons. The molecule has 0 fully saturated rings. The molecular formula is C12H20N2O3. The number of isocyanates is 2. The van der Waals surface area contributed by atoms with E-state index in [0.717, 1.165) is 25.7 Å². The summed E-state index contributed by atoms with van der Waals surface area (Å²) in [5.41, 5.74) is 0. The average molecular weight is 240 g/mol. The van der Waals surface area contributed by atoms with Gasteiger partial charge in [0.2, 0.25) is 12.2 Å². The monoisotopic (exact) mass is 240 g/mol. The van der Waals surface area contributed by atoms with E-state index < -0.39 is 0 Å². The third kappa shape index (κ3) is 25.1. The Morgan fingerprint density at radius 2 is 1.29 bits per heavy atom. The van der Waals surface area contributed by atoms with Crippen LogP contribution in [0.1, 0.15) is 46.0 Å². The molecule has 0 saturated heterocycles. The van der Waals surface area contributed by atoms with E-state index in [-0.39, 0.29) is 5.78 Å². The fraction of sp³-hybridized carbons (Fsp3) is 0.750. The Morgan fingerprint density at radius 3 is 1.53 bits per heavy atom. The third-order valence-corrected chi connectivity index (χ3v) is 1.92. The normalized spacial score (nSPS) is 8.12. The van der Waals surface area contributed by atoms with Crippen molar-refractivity contribution in [3.8, 4) is 0 Å². The number of Topliss-reactive ketones (excluding diaryl/α,β-unsaturated/α-hetero) is 1. The van der Waals surface area contributed by atoms with Crippen LogP contribution in [-0.4, -0.2) is 31.0 Å². The molecule has 0 aromatic heterocycles. The zero-order valence-electron chi connectivity index (χ0n) is 10.6. The third-order valence-electron chi connectivity index (χ3n) is 1.92. The molecule has 0 unspecified atom stereocenters. The second-order valence-electron chi connectivity index (χ2n) is 3.42. The largest absolute Gasteiger partial charge is 0.300 e. The Labute approximate surface area is 102 Å². The molecule has 0 aliphatic rings. The number of carbonyl (C=O) groups excluding carboxylic acids is 3. The van der Waals surface area contributed by atoms with Crippen molar-refractivity contribution < 1.29 is 14.4 Å². The Hall–Kier alpha value is -1.57. The van der Waals surface area contributed by atoms with Crippen LogP contribution < -0.4 is 0 Å². The molecule has 0 aromatic carbocycles.